The number of nitrogens with zero attached hydrogens (tertiary/aromatic N) is 2. The third-order valence-electron chi connectivity index (χ3n) is 4.08. The second-order valence-electron chi connectivity index (χ2n) is 8.75. The SMILES string of the molecule is C#C.C=CO/C(=C\CCC)CNCCNc1cccc(C(=O)N(C)C)c1O.C=NCC(=N)C(=N)N.CC.CC.CC(C)C. The molecule has 0 aromatic heterocycles. The van der Waals surface area contributed by atoms with Crippen LogP contribution in [0.1, 0.15) is 78.6 Å². The minimum absolute atomic E-state index is 0.0139. The smallest absolute Gasteiger partial charge is 0.257 e. The van der Waals surface area contributed by atoms with Gasteiger partial charge in [0, 0.05) is 27.2 Å². The van der Waals surface area contributed by atoms with Gasteiger partial charge in [-0.25, -0.2) is 0 Å². The Morgan fingerprint density at radius 1 is 1.16 bits per heavy atom. The monoisotopic (exact) mass is 603 g/mol. The number of carbonyl (C=O) groups is 1. The maximum absolute atomic E-state index is 12.0. The number of benzene rings is 1. The highest BCUT2D eigenvalue weighted by molar-refractivity contribution is 6.39. The molecule has 1 rings (SSSR count). The molecule has 0 spiro atoms. The third-order valence-corrected chi connectivity index (χ3v) is 4.08. The van der Waals surface area contributed by atoms with Crippen LogP contribution in [0.25, 0.3) is 0 Å². The summed E-state index contributed by atoms with van der Waals surface area (Å²) in [4.78, 5) is 16.8. The fourth-order valence-corrected chi connectivity index (χ4v) is 2.37. The number of nitrogens with one attached hydrogen (secondary N) is 4. The summed E-state index contributed by atoms with van der Waals surface area (Å²) in [6, 6.07) is 5.10. The number of carbonyl (C=O) groups excluding carboxylic acids is 1. The Morgan fingerprint density at radius 3 is 2.09 bits per heavy atom. The molecule has 0 aliphatic rings. The van der Waals surface area contributed by atoms with Crippen molar-refractivity contribution in [3.63, 3.8) is 0 Å². The number of aliphatic imine (C=N–C) groups is 1. The van der Waals surface area contributed by atoms with Crippen LogP contribution in [0.4, 0.5) is 5.69 Å². The quantitative estimate of drug-likeness (QED) is 0.0353. The van der Waals surface area contributed by atoms with Gasteiger partial charge >= 0.3 is 0 Å². The number of amides is 1. The molecule has 0 saturated heterocycles. The van der Waals surface area contributed by atoms with Crippen molar-refractivity contribution in [2.24, 2.45) is 16.6 Å². The van der Waals surface area contributed by atoms with Gasteiger partial charge in [-0.1, -0.05) is 74.5 Å². The van der Waals surface area contributed by atoms with Crippen molar-refractivity contribution in [3.05, 3.63) is 48.4 Å². The Labute approximate surface area is 262 Å². The number of hydrogen-bond donors (Lipinski definition) is 6. The number of unbranched alkanes of at least 4 members (excludes halogenated alkanes) is 1. The van der Waals surface area contributed by atoms with Crippen LogP contribution in [-0.2, 0) is 4.74 Å². The number of rotatable bonds is 14. The molecule has 0 radical (unpaired) electrons. The summed E-state index contributed by atoms with van der Waals surface area (Å²) >= 11 is 0. The average Bonchev–Trinajstić information content (AvgIpc) is 2.99. The molecule has 0 saturated carbocycles. The van der Waals surface area contributed by atoms with Crippen LogP contribution in [-0.4, -0.2) is 74.5 Å². The molecule has 0 aliphatic heterocycles. The maximum atomic E-state index is 12.0. The van der Waals surface area contributed by atoms with E-state index in [1.807, 2.05) is 33.8 Å². The summed E-state index contributed by atoms with van der Waals surface area (Å²) in [6.07, 6.45) is 13.5. The number of para-hydroxylation sites is 1. The Hall–Kier alpha value is -4.10. The molecule has 1 amide bonds. The van der Waals surface area contributed by atoms with Gasteiger partial charge in [-0.15, -0.1) is 12.8 Å². The first kappa shape index (κ1) is 48.6. The number of phenols is 1. The highest BCUT2D eigenvalue weighted by atomic mass is 16.5. The molecule has 1 aromatic carbocycles. The fraction of sp³-hybridized carbons (Fsp3) is 0.515. The van der Waals surface area contributed by atoms with Gasteiger partial charge in [0.1, 0.15) is 11.6 Å². The molecular formula is C33H61N7O3. The zero-order valence-corrected chi connectivity index (χ0v) is 28.5. The van der Waals surface area contributed by atoms with Crippen LogP contribution in [0, 0.1) is 29.6 Å². The summed E-state index contributed by atoms with van der Waals surface area (Å²) in [7, 11) is 3.31. The zero-order valence-electron chi connectivity index (χ0n) is 28.5. The van der Waals surface area contributed by atoms with Crippen molar-refractivity contribution in [3.8, 4) is 18.6 Å². The van der Waals surface area contributed by atoms with Crippen molar-refractivity contribution in [1.29, 1.82) is 10.8 Å². The summed E-state index contributed by atoms with van der Waals surface area (Å²) < 4.78 is 5.35. The fourth-order valence-electron chi connectivity index (χ4n) is 2.37. The molecule has 43 heavy (non-hydrogen) atoms. The molecule has 10 nitrogen and oxygen atoms in total. The zero-order chi connectivity index (χ0) is 34.8. The van der Waals surface area contributed by atoms with E-state index in [0.717, 1.165) is 24.5 Å². The van der Waals surface area contributed by atoms with Crippen molar-refractivity contribution in [1.82, 2.24) is 10.2 Å². The second kappa shape index (κ2) is 35.9. The van der Waals surface area contributed by atoms with Crippen molar-refractivity contribution >= 4 is 29.9 Å². The third kappa shape index (κ3) is 30.7. The number of terminal acetylenes is 1. The van der Waals surface area contributed by atoms with Gasteiger partial charge < -0.3 is 31.1 Å². The summed E-state index contributed by atoms with van der Waals surface area (Å²) in [5.74, 6) is 1.18. The van der Waals surface area contributed by atoms with Crippen LogP contribution >= 0.6 is 0 Å². The molecular weight excluding hydrogens is 542 g/mol. The van der Waals surface area contributed by atoms with Crippen LogP contribution in [0.5, 0.6) is 5.75 Å². The second-order valence-corrected chi connectivity index (χ2v) is 8.75. The van der Waals surface area contributed by atoms with E-state index in [1.54, 1.807) is 32.3 Å². The van der Waals surface area contributed by atoms with E-state index < -0.39 is 0 Å². The molecule has 0 fully saturated rings. The number of ether oxygens (including phenoxy) is 1. The largest absolute Gasteiger partial charge is 0.505 e. The predicted octanol–water partition coefficient (Wildman–Crippen LogP) is 6.55. The lowest BCUT2D eigenvalue weighted by atomic mass is 10.1. The molecule has 10 heteroatoms. The number of hydrogen-bond acceptors (Lipinski definition) is 8. The molecule has 0 aliphatic carbocycles. The van der Waals surface area contributed by atoms with Crippen LogP contribution in [0.15, 0.2) is 47.9 Å². The van der Waals surface area contributed by atoms with Gasteiger partial charge in [0.15, 0.2) is 5.75 Å². The van der Waals surface area contributed by atoms with Crippen LogP contribution in [0.2, 0.25) is 0 Å². The number of phenolic OH excluding ortho intramolecular Hbond substituents is 1. The number of aromatic hydroxyl groups is 1. The summed E-state index contributed by atoms with van der Waals surface area (Å²) in [5, 5.41) is 30.2. The van der Waals surface area contributed by atoms with E-state index in [2.05, 4.69) is 69.5 Å². The molecule has 246 valence electrons. The number of amidine groups is 1. The van der Waals surface area contributed by atoms with Gasteiger partial charge in [-0.2, -0.15) is 0 Å². The minimum atomic E-state index is -0.239. The van der Waals surface area contributed by atoms with E-state index in [9.17, 15) is 9.90 Å². The van der Waals surface area contributed by atoms with Crippen LogP contribution < -0.4 is 16.4 Å². The first-order valence-corrected chi connectivity index (χ1v) is 14.5. The van der Waals surface area contributed by atoms with Gasteiger partial charge in [0.2, 0.25) is 0 Å². The number of nitrogens with two attached hydrogens (primary N) is 1. The molecule has 1 aromatic rings. The Balaban J connectivity index is -0.000000220. The maximum Gasteiger partial charge on any atom is 0.257 e. The van der Waals surface area contributed by atoms with Crippen LogP contribution in [0.3, 0.4) is 0 Å². The summed E-state index contributed by atoms with van der Waals surface area (Å²) in [5.41, 5.74) is 5.73. The van der Waals surface area contributed by atoms with E-state index in [4.69, 9.17) is 21.3 Å². The molecule has 0 unspecified atom stereocenters. The first-order valence-electron chi connectivity index (χ1n) is 14.5. The number of anilines is 1. The highest BCUT2D eigenvalue weighted by Crippen LogP contribution is 2.27. The Bertz CT molecular complexity index is 922. The normalized spacial score (nSPS) is 9.09. The number of allylic oxidation sites excluding steroid dienone is 1. The molecule has 7 N–H and O–H groups in total. The van der Waals surface area contributed by atoms with Gasteiger partial charge in [-0.3, -0.25) is 20.6 Å². The van der Waals surface area contributed by atoms with Crippen molar-refractivity contribution < 1.29 is 14.6 Å². The minimum Gasteiger partial charge on any atom is -0.505 e. The lowest BCUT2D eigenvalue weighted by Crippen LogP contribution is -2.25. The van der Waals surface area contributed by atoms with Gasteiger partial charge in [-0.05, 0) is 37.3 Å². The standard InChI is InChI=1S/C19H29N3O3.C4H8N4.C4H10.2C2H6.C2H2/c1-5-7-9-15(25-6-2)14-20-12-13-21-17-11-8-10-16(18(17)23)19(24)22(3)4;1-8-2-3(5)4(6)7;1-4(2)3;3*1-2/h6,8-11,20-21,23H,2,5,7,12-14H2,1,3-4H3;5H,1-2H2,(H3,6,7);4H,1-3H3;2*1-2H3;1-2H/b15-9-;;;;;. The van der Waals surface area contributed by atoms with Gasteiger partial charge in [0.05, 0.1) is 36.3 Å². The molecule has 0 bridgehead atoms. The molecule has 0 atom stereocenters. The average molecular weight is 604 g/mol. The predicted molar refractivity (Wildman–Crippen MR) is 189 cm³/mol. The van der Waals surface area contributed by atoms with E-state index in [0.29, 0.717) is 25.3 Å². The van der Waals surface area contributed by atoms with Crippen molar-refractivity contribution in [2.45, 2.75) is 68.2 Å². The lowest BCUT2D eigenvalue weighted by molar-refractivity contribution is 0.0824. The van der Waals surface area contributed by atoms with Gasteiger partial charge in [0.25, 0.3) is 5.91 Å². The Morgan fingerprint density at radius 2 is 1.70 bits per heavy atom. The van der Waals surface area contributed by atoms with Crippen molar-refractivity contribution in [2.75, 3.05) is 45.6 Å². The first-order chi connectivity index (χ1) is 20.4. The van der Waals surface area contributed by atoms with E-state index in [-0.39, 0.29) is 35.3 Å². The Kier molecular flexibility index (Phi) is 40.6. The van der Waals surface area contributed by atoms with E-state index >= 15 is 0 Å². The summed E-state index contributed by atoms with van der Waals surface area (Å²) in [6.45, 7) is 25.3. The topological polar surface area (TPSA) is 160 Å². The lowest BCUT2D eigenvalue weighted by Gasteiger charge is -2.15. The molecule has 0 heterocycles. The van der Waals surface area contributed by atoms with E-state index in [1.165, 1.54) is 11.2 Å². The highest BCUT2D eigenvalue weighted by Gasteiger charge is 2.15.